The minimum Gasteiger partial charge on any atom is -0.481 e. The van der Waals surface area contributed by atoms with Gasteiger partial charge in [0.1, 0.15) is 0 Å². The maximum atomic E-state index is 10.9. The number of aliphatic carboxylic acids is 1. The molecule has 0 bridgehead atoms. The van der Waals surface area contributed by atoms with Crippen LogP contribution in [0.3, 0.4) is 0 Å². The lowest BCUT2D eigenvalue weighted by molar-refractivity contribution is -0.137. The van der Waals surface area contributed by atoms with E-state index < -0.39 is 5.97 Å². The van der Waals surface area contributed by atoms with Crippen molar-refractivity contribution in [3.63, 3.8) is 0 Å². The summed E-state index contributed by atoms with van der Waals surface area (Å²) < 4.78 is 0. The smallest absolute Gasteiger partial charge is 0.304 e. The van der Waals surface area contributed by atoms with Gasteiger partial charge >= 0.3 is 5.97 Å². The molecule has 0 fully saturated rings. The van der Waals surface area contributed by atoms with Gasteiger partial charge in [-0.2, -0.15) is 0 Å². The Bertz CT molecular complexity index is 508. The second kappa shape index (κ2) is 5.34. The molecule has 1 atom stereocenters. The molecular weight excluding hydrogens is 256 g/mol. The third-order valence-electron chi connectivity index (χ3n) is 2.52. The van der Waals surface area contributed by atoms with Crippen LogP contribution in [0, 0.1) is 0 Å². The van der Waals surface area contributed by atoms with E-state index in [2.05, 4.69) is 0 Å². The maximum absolute atomic E-state index is 10.9. The highest BCUT2D eigenvalue weighted by atomic mass is 35.5. The van der Waals surface area contributed by atoms with Crippen LogP contribution in [0.2, 0.25) is 5.02 Å². The zero-order chi connectivity index (χ0) is 12.3. The van der Waals surface area contributed by atoms with Gasteiger partial charge in [0.05, 0.1) is 6.42 Å². The molecule has 1 heterocycles. The average Bonchev–Trinajstić information content (AvgIpc) is 2.79. The number of rotatable bonds is 4. The minimum atomic E-state index is -0.802. The fraction of sp³-hybridized carbons (Fsp3) is 0.154. The van der Waals surface area contributed by atoms with Crippen molar-refractivity contribution in [2.24, 2.45) is 0 Å². The Kier molecular flexibility index (Phi) is 3.82. The Balaban J connectivity index is 2.36. The molecule has 1 aromatic heterocycles. The van der Waals surface area contributed by atoms with Gasteiger partial charge in [-0.1, -0.05) is 29.8 Å². The first kappa shape index (κ1) is 12.1. The number of carboxylic acids is 1. The van der Waals surface area contributed by atoms with Crippen molar-refractivity contribution in [3.8, 4) is 0 Å². The van der Waals surface area contributed by atoms with Crippen molar-refractivity contribution in [1.29, 1.82) is 0 Å². The van der Waals surface area contributed by atoms with Crippen molar-refractivity contribution < 1.29 is 9.90 Å². The molecule has 0 radical (unpaired) electrons. The average molecular weight is 267 g/mol. The van der Waals surface area contributed by atoms with Gasteiger partial charge in [-0.15, -0.1) is 11.3 Å². The molecule has 17 heavy (non-hydrogen) atoms. The van der Waals surface area contributed by atoms with Gasteiger partial charge in [0, 0.05) is 15.8 Å². The molecule has 88 valence electrons. The number of halogens is 1. The Morgan fingerprint density at radius 3 is 2.76 bits per heavy atom. The number of thiophene rings is 1. The summed E-state index contributed by atoms with van der Waals surface area (Å²) in [5.41, 5.74) is 0.947. The second-order valence-electron chi connectivity index (χ2n) is 3.72. The Morgan fingerprint density at radius 2 is 2.18 bits per heavy atom. The summed E-state index contributed by atoms with van der Waals surface area (Å²) in [4.78, 5) is 12.0. The summed E-state index contributed by atoms with van der Waals surface area (Å²) in [6, 6.07) is 11.3. The molecular formula is C13H11ClO2S. The highest BCUT2D eigenvalue weighted by Crippen LogP contribution is 2.32. The molecule has 0 spiro atoms. The molecule has 1 aromatic carbocycles. The van der Waals surface area contributed by atoms with Gasteiger partial charge < -0.3 is 5.11 Å². The molecule has 0 amide bonds. The molecule has 4 heteroatoms. The number of carbonyl (C=O) groups is 1. The molecule has 1 N–H and O–H groups in total. The molecule has 0 aliphatic carbocycles. The molecule has 2 nitrogen and oxygen atoms in total. The van der Waals surface area contributed by atoms with Crippen LogP contribution in [0.1, 0.15) is 22.8 Å². The monoisotopic (exact) mass is 266 g/mol. The molecule has 0 aliphatic rings. The van der Waals surface area contributed by atoms with Gasteiger partial charge in [-0.25, -0.2) is 0 Å². The van der Waals surface area contributed by atoms with Crippen LogP contribution in [0.25, 0.3) is 0 Å². The first-order valence-electron chi connectivity index (χ1n) is 5.17. The highest BCUT2D eigenvalue weighted by Gasteiger charge is 2.18. The van der Waals surface area contributed by atoms with Crippen LogP contribution in [-0.2, 0) is 4.79 Å². The first-order chi connectivity index (χ1) is 8.16. The third kappa shape index (κ3) is 3.08. The first-order valence-corrected chi connectivity index (χ1v) is 6.43. The standard InChI is InChI=1S/C13H11ClO2S/c14-10-4-1-3-9(7-10)11(8-13(15)16)12-5-2-6-17-12/h1-7,11H,8H2,(H,15,16). The lowest BCUT2D eigenvalue weighted by Gasteiger charge is -2.13. The van der Waals surface area contributed by atoms with E-state index >= 15 is 0 Å². The summed E-state index contributed by atoms with van der Waals surface area (Å²) in [6.07, 6.45) is 0.0842. The van der Waals surface area contributed by atoms with Crippen molar-refractivity contribution in [1.82, 2.24) is 0 Å². The lowest BCUT2D eigenvalue weighted by Crippen LogP contribution is -2.06. The predicted octanol–water partition coefficient (Wildman–Crippen LogP) is 4.01. The van der Waals surface area contributed by atoms with E-state index in [1.54, 1.807) is 17.4 Å². The predicted molar refractivity (Wildman–Crippen MR) is 69.9 cm³/mol. The molecule has 1 unspecified atom stereocenters. The van der Waals surface area contributed by atoms with Crippen molar-refractivity contribution in [2.75, 3.05) is 0 Å². The quantitative estimate of drug-likeness (QED) is 0.908. The topological polar surface area (TPSA) is 37.3 Å². The fourth-order valence-electron chi connectivity index (χ4n) is 1.77. The Morgan fingerprint density at radius 1 is 1.35 bits per heavy atom. The van der Waals surface area contributed by atoms with Crippen molar-refractivity contribution in [3.05, 3.63) is 57.2 Å². The van der Waals surface area contributed by atoms with Crippen LogP contribution in [0.4, 0.5) is 0 Å². The zero-order valence-electron chi connectivity index (χ0n) is 8.97. The van der Waals surface area contributed by atoms with Gasteiger partial charge in [0.2, 0.25) is 0 Å². The van der Waals surface area contributed by atoms with E-state index in [0.717, 1.165) is 10.4 Å². The van der Waals surface area contributed by atoms with E-state index in [4.69, 9.17) is 16.7 Å². The van der Waals surface area contributed by atoms with E-state index in [0.29, 0.717) is 5.02 Å². The summed E-state index contributed by atoms with van der Waals surface area (Å²) in [6.45, 7) is 0. The van der Waals surface area contributed by atoms with Crippen LogP contribution in [0.15, 0.2) is 41.8 Å². The number of hydrogen-bond acceptors (Lipinski definition) is 2. The molecule has 2 aromatic rings. The summed E-state index contributed by atoms with van der Waals surface area (Å²) >= 11 is 7.51. The van der Waals surface area contributed by atoms with Crippen LogP contribution < -0.4 is 0 Å². The van der Waals surface area contributed by atoms with Gasteiger partial charge in [-0.3, -0.25) is 4.79 Å². The summed E-state index contributed by atoms with van der Waals surface area (Å²) in [7, 11) is 0. The normalized spacial score (nSPS) is 12.3. The SMILES string of the molecule is O=C(O)CC(c1cccc(Cl)c1)c1cccs1. The lowest BCUT2D eigenvalue weighted by atomic mass is 9.94. The van der Waals surface area contributed by atoms with Crippen molar-refractivity contribution in [2.45, 2.75) is 12.3 Å². The van der Waals surface area contributed by atoms with Gasteiger partial charge in [0.15, 0.2) is 0 Å². The maximum Gasteiger partial charge on any atom is 0.304 e. The van der Waals surface area contributed by atoms with Crippen LogP contribution >= 0.6 is 22.9 Å². The molecule has 0 saturated carbocycles. The zero-order valence-corrected chi connectivity index (χ0v) is 10.5. The van der Waals surface area contributed by atoms with Gasteiger partial charge in [-0.05, 0) is 29.1 Å². The fourth-order valence-corrected chi connectivity index (χ4v) is 2.82. The second-order valence-corrected chi connectivity index (χ2v) is 5.14. The third-order valence-corrected chi connectivity index (χ3v) is 3.74. The number of carboxylic acid groups (broad SMARTS) is 1. The molecule has 0 saturated heterocycles. The number of hydrogen-bond donors (Lipinski definition) is 1. The highest BCUT2D eigenvalue weighted by molar-refractivity contribution is 7.10. The van der Waals surface area contributed by atoms with E-state index in [1.165, 1.54) is 0 Å². The van der Waals surface area contributed by atoms with E-state index in [9.17, 15) is 4.79 Å². The van der Waals surface area contributed by atoms with E-state index in [1.807, 2.05) is 35.7 Å². The minimum absolute atomic E-state index is 0.0842. The van der Waals surface area contributed by atoms with E-state index in [-0.39, 0.29) is 12.3 Å². The Labute approximate surface area is 108 Å². The van der Waals surface area contributed by atoms with Gasteiger partial charge in [0.25, 0.3) is 0 Å². The van der Waals surface area contributed by atoms with Crippen LogP contribution in [0.5, 0.6) is 0 Å². The summed E-state index contributed by atoms with van der Waals surface area (Å²) in [5, 5.41) is 11.6. The van der Waals surface area contributed by atoms with Crippen LogP contribution in [-0.4, -0.2) is 11.1 Å². The molecule has 2 rings (SSSR count). The molecule has 0 aliphatic heterocycles. The summed E-state index contributed by atoms with van der Waals surface area (Å²) in [5.74, 6) is -0.922. The van der Waals surface area contributed by atoms with Crippen molar-refractivity contribution >= 4 is 28.9 Å². The Hall–Kier alpha value is -1.32. The number of benzene rings is 1. The largest absolute Gasteiger partial charge is 0.481 e.